The molecule has 0 aliphatic heterocycles. The monoisotopic (exact) mass is 407 g/mol. The molecule has 5 nitrogen and oxygen atoms in total. The van der Waals surface area contributed by atoms with E-state index >= 15 is 0 Å². The van der Waals surface area contributed by atoms with Gasteiger partial charge in [-0.1, -0.05) is 48.0 Å². The van der Waals surface area contributed by atoms with Crippen LogP contribution in [0.4, 0.5) is 5.69 Å². The molecule has 0 bridgehead atoms. The highest BCUT2D eigenvalue weighted by molar-refractivity contribution is 7.13. The minimum absolute atomic E-state index is 0.222. The summed E-state index contributed by atoms with van der Waals surface area (Å²) in [5.74, 6) is -0.636. The van der Waals surface area contributed by atoms with Crippen molar-refractivity contribution in [3.63, 3.8) is 0 Å². The number of thiophene rings is 1. The molecule has 0 spiro atoms. The van der Waals surface area contributed by atoms with E-state index in [9.17, 15) is 9.59 Å². The standard InChI is InChI=1S/C21H14ClN3O2S/c22-14-8-9-16(15(11-14)20(26)13-5-2-1-3-6-13)23-21(27)18-12-17(24-25-18)19-7-4-10-28-19/h1-12H,(H,23,27)(H,24,25). The van der Waals surface area contributed by atoms with Crippen LogP contribution in [-0.4, -0.2) is 21.9 Å². The third-order valence-electron chi connectivity index (χ3n) is 4.11. The molecule has 0 unspecified atom stereocenters. The normalized spacial score (nSPS) is 10.6. The van der Waals surface area contributed by atoms with Gasteiger partial charge in [0, 0.05) is 16.1 Å². The predicted molar refractivity (Wildman–Crippen MR) is 111 cm³/mol. The van der Waals surface area contributed by atoms with Gasteiger partial charge < -0.3 is 5.32 Å². The summed E-state index contributed by atoms with van der Waals surface area (Å²) in [5.41, 5.74) is 2.21. The summed E-state index contributed by atoms with van der Waals surface area (Å²) in [5, 5.41) is 12.1. The van der Waals surface area contributed by atoms with E-state index in [1.165, 1.54) is 0 Å². The Morgan fingerprint density at radius 3 is 2.57 bits per heavy atom. The van der Waals surface area contributed by atoms with Gasteiger partial charge in [0.2, 0.25) is 0 Å². The van der Waals surface area contributed by atoms with Crippen molar-refractivity contribution in [2.24, 2.45) is 0 Å². The van der Waals surface area contributed by atoms with Crippen LogP contribution in [0.2, 0.25) is 5.02 Å². The van der Waals surface area contributed by atoms with Crippen LogP contribution < -0.4 is 5.32 Å². The molecule has 4 rings (SSSR count). The number of carbonyl (C=O) groups is 2. The lowest BCUT2D eigenvalue weighted by atomic mass is 10.0. The third kappa shape index (κ3) is 3.74. The lowest BCUT2D eigenvalue weighted by Gasteiger charge is -2.10. The van der Waals surface area contributed by atoms with E-state index < -0.39 is 5.91 Å². The van der Waals surface area contributed by atoms with Crippen LogP contribution in [0.5, 0.6) is 0 Å². The van der Waals surface area contributed by atoms with Crippen LogP contribution in [-0.2, 0) is 0 Å². The minimum Gasteiger partial charge on any atom is -0.320 e. The summed E-state index contributed by atoms with van der Waals surface area (Å²) in [6.45, 7) is 0. The third-order valence-corrected chi connectivity index (χ3v) is 5.25. The van der Waals surface area contributed by atoms with Gasteiger partial charge >= 0.3 is 0 Å². The molecule has 138 valence electrons. The van der Waals surface area contributed by atoms with Gasteiger partial charge in [-0.05, 0) is 35.7 Å². The summed E-state index contributed by atoms with van der Waals surface area (Å²) in [6, 6.07) is 19.2. The van der Waals surface area contributed by atoms with Gasteiger partial charge in [-0.25, -0.2) is 0 Å². The number of hydrogen-bond donors (Lipinski definition) is 2. The van der Waals surface area contributed by atoms with Crippen molar-refractivity contribution in [1.82, 2.24) is 10.2 Å². The number of H-pyrrole nitrogens is 1. The summed E-state index contributed by atoms with van der Waals surface area (Å²) in [7, 11) is 0. The quantitative estimate of drug-likeness (QED) is 0.442. The second-order valence-corrected chi connectivity index (χ2v) is 7.37. The van der Waals surface area contributed by atoms with Crippen LogP contribution in [0.3, 0.4) is 0 Å². The minimum atomic E-state index is -0.413. The summed E-state index contributed by atoms with van der Waals surface area (Å²) >= 11 is 7.63. The van der Waals surface area contributed by atoms with Gasteiger partial charge in [-0.2, -0.15) is 5.10 Å². The second-order valence-electron chi connectivity index (χ2n) is 5.98. The maximum Gasteiger partial charge on any atom is 0.276 e. The maximum absolute atomic E-state index is 12.9. The average molecular weight is 408 g/mol. The first-order valence-electron chi connectivity index (χ1n) is 8.42. The average Bonchev–Trinajstić information content (AvgIpc) is 3.41. The molecule has 2 N–H and O–H groups in total. The van der Waals surface area contributed by atoms with Crippen molar-refractivity contribution in [2.45, 2.75) is 0 Å². The van der Waals surface area contributed by atoms with E-state index in [0.29, 0.717) is 21.8 Å². The summed E-state index contributed by atoms with van der Waals surface area (Å²) < 4.78 is 0. The fourth-order valence-electron chi connectivity index (χ4n) is 2.74. The van der Waals surface area contributed by atoms with E-state index in [4.69, 9.17) is 11.6 Å². The lowest BCUT2D eigenvalue weighted by Crippen LogP contribution is -2.15. The van der Waals surface area contributed by atoms with E-state index in [1.807, 2.05) is 23.6 Å². The Balaban J connectivity index is 1.61. The molecule has 0 saturated carbocycles. The van der Waals surface area contributed by atoms with Crippen LogP contribution in [0.25, 0.3) is 10.6 Å². The number of aromatic amines is 1. The van der Waals surface area contributed by atoms with Crippen molar-refractivity contribution >= 4 is 40.3 Å². The molecule has 0 aliphatic carbocycles. The molecule has 1 amide bonds. The zero-order valence-corrected chi connectivity index (χ0v) is 16.1. The van der Waals surface area contributed by atoms with E-state index in [0.717, 1.165) is 10.6 Å². The Hall–Kier alpha value is -3.22. The number of halogens is 1. The van der Waals surface area contributed by atoms with E-state index in [-0.39, 0.29) is 11.5 Å². The predicted octanol–water partition coefficient (Wildman–Crippen LogP) is 5.27. The highest BCUT2D eigenvalue weighted by Gasteiger charge is 2.18. The number of benzene rings is 2. The van der Waals surface area contributed by atoms with Crippen molar-refractivity contribution in [3.8, 4) is 10.6 Å². The molecule has 0 radical (unpaired) electrons. The van der Waals surface area contributed by atoms with Gasteiger partial charge in [0.1, 0.15) is 0 Å². The topological polar surface area (TPSA) is 74.8 Å². The van der Waals surface area contributed by atoms with Crippen molar-refractivity contribution in [3.05, 3.63) is 94.0 Å². The zero-order valence-electron chi connectivity index (χ0n) is 14.5. The molecule has 2 heterocycles. The number of anilines is 1. The Morgan fingerprint density at radius 2 is 1.82 bits per heavy atom. The fraction of sp³-hybridized carbons (Fsp3) is 0. The van der Waals surface area contributed by atoms with Crippen LogP contribution >= 0.6 is 22.9 Å². The Bertz CT molecular complexity index is 1140. The highest BCUT2D eigenvalue weighted by atomic mass is 35.5. The molecular formula is C21H14ClN3O2S. The molecule has 0 atom stereocenters. The molecule has 0 fully saturated rings. The smallest absolute Gasteiger partial charge is 0.276 e. The van der Waals surface area contributed by atoms with Crippen molar-refractivity contribution in [1.29, 1.82) is 0 Å². The number of nitrogens with one attached hydrogen (secondary N) is 2. The Kier molecular flexibility index (Phi) is 5.06. The van der Waals surface area contributed by atoms with Gasteiger partial charge in [-0.3, -0.25) is 14.7 Å². The first kappa shape index (κ1) is 18.2. The highest BCUT2D eigenvalue weighted by Crippen LogP contribution is 2.26. The number of rotatable bonds is 5. The molecule has 2 aromatic heterocycles. The largest absolute Gasteiger partial charge is 0.320 e. The summed E-state index contributed by atoms with van der Waals surface area (Å²) in [4.78, 5) is 26.5. The SMILES string of the molecule is O=C(Nc1ccc(Cl)cc1C(=O)c1ccccc1)c1cc(-c2cccs2)[nH]n1. The second kappa shape index (κ2) is 7.80. The first-order valence-corrected chi connectivity index (χ1v) is 9.67. The van der Waals surface area contributed by atoms with E-state index in [1.54, 1.807) is 59.9 Å². The van der Waals surface area contributed by atoms with Gasteiger partial charge in [0.15, 0.2) is 11.5 Å². The van der Waals surface area contributed by atoms with Gasteiger partial charge in [-0.15, -0.1) is 11.3 Å². The van der Waals surface area contributed by atoms with Gasteiger partial charge in [0.25, 0.3) is 5.91 Å². The molecule has 0 aliphatic rings. The fourth-order valence-corrected chi connectivity index (χ4v) is 3.61. The zero-order chi connectivity index (χ0) is 19.5. The Morgan fingerprint density at radius 1 is 1.00 bits per heavy atom. The van der Waals surface area contributed by atoms with Crippen molar-refractivity contribution < 1.29 is 9.59 Å². The molecule has 2 aromatic carbocycles. The summed E-state index contributed by atoms with van der Waals surface area (Å²) in [6.07, 6.45) is 0. The Labute approximate surface area is 170 Å². The lowest BCUT2D eigenvalue weighted by molar-refractivity contribution is 0.102. The number of carbonyl (C=O) groups excluding carboxylic acids is 2. The molecule has 4 aromatic rings. The molecule has 7 heteroatoms. The van der Waals surface area contributed by atoms with E-state index in [2.05, 4.69) is 15.5 Å². The van der Waals surface area contributed by atoms with Crippen LogP contribution in [0.1, 0.15) is 26.4 Å². The number of amides is 1. The molecular weight excluding hydrogens is 394 g/mol. The van der Waals surface area contributed by atoms with Crippen molar-refractivity contribution in [2.75, 3.05) is 5.32 Å². The number of ketones is 1. The first-order chi connectivity index (χ1) is 13.6. The number of hydrogen-bond acceptors (Lipinski definition) is 4. The molecule has 28 heavy (non-hydrogen) atoms. The number of aromatic nitrogens is 2. The molecule has 0 saturated heterocycles. The van der Waals surface area contributed by atoms with Crippen LogP contribution in [0, 0.1) is 0 Å². The van der Waals surface area contributed by atoms with Crippen LogP contribution in [0.15, 0.2) is 72.1 Å². The number of nitrogens with zero attached hydrogens (tertiary/aromatic N) is 1. The maximum atomic E-state index is 12.9. The van der Waals surface area contributed by atoms with Gasteiger partial charge in [0.05, 0.1) is 16.3 Å².